The van der Waals surface area contributed by atoms with Gasteiger partial charge in [-0.05, 0) is 48.0 Å². The average Bonchev–Trinajstić information content (AvgIpc) is 2.82. The Kier molecular flexibility index (Phi) is 5.77. The summed E-state index contributed by atoms with van der Waals surface area (Å²) in [6.45, 7) is 0. The summed E-state index contributed by atoms with van der Waals surface area (Å²) in [6.07, 6.45) is 0. The number of rotatable bonds is 6. The van der Waals surface area contributed by atoms with Crippen molar-refractivity contribution in [1.82, 2.24) is 9.97 Å². The van der Waals surface area contributed by atoms with Crippen LogP contribution in [-0.4, -0.2) is 39.7 Å². The summed E-state index contributed by atoms with van der Waals surface area (Å²) in [5, 5.41) is -0.415. The smallest absolute Gasteiger partial charge is 0.227 e. The van der Waals surface area contributed by atoms with E-state index in [1.807, 2.05) is 0 Å². The van der Waals surface area contributed by atoms with Crippen LogP contribution in [0, 0.1) is 5.82 Å². The SMILES string of the molecule is COc1cc(-c2cccc3nc(N)c(S(=O)(=O)c4ccc(F)cc4)nc23)cc(OC)c1OC. The Hall–Kier alpha value is -3.92. The van der Waals surface area contributed by atoms with Crippen LogP contribution in [0.1, 0.15) is 0 Å². The summed E-state index contributed by atoms with van der Waals surface area (Å²) in [5.74, 6) is 0.446. The molecule has 170 valence electrons. The third-order valence-electron chi connectivity index (χ3n) is 5.04. The van der Waals surface area contributed by atoms with E-state index in [-0.39, 0.29) is 10.7 Å². The van der Waals surface area contributed by atoms with E-state index < -0.39 is 20.7 Å². The molecule has 0 aliphatic carbocycles. The van der Waals surface area contributed by atoms with Gasteiger partial charge in [-0.3, -0.25) is 0 Å². The van der Waals surface area contributed by atoms with Crippen molar-refractivity contribution < 1.29 is 27.0 Å². The third-order valence-corrected chi connectivity index (χ3v) is 6.74. The van der Waals surface area contributed by atoms with Gasteiger partial charge in [0, 0.05) is 5.56 Å². The van der Waals surface area contributed by atoms with Crippen molar-refractivity contribution in [3.05, 3.63) is 60.4 Å². The van der Waals surface area contributed by atoms with E-state index in [1.165, 1.54) is 21.3 Å². The number of sulfone groups is 1. The van der Waals surface area contributed by atoms with E-state index in [0.717, 1.165) is 24.3 Å². The molecule has 0 aliphatic rings. The topological polar surface area (TPSA) is 114 Å². The van der Waals surface area contributed by atoms with Gasteiger partial charge in [0.2, 0.25) is 20.6 Å². The van der Waals surface area contributed by atoms with E-state index in [2.05, 4.69) is 9.97 Å². The molecule has 4 aromatic rings. The van der Waals surface area contributed by atoms with Crippen LogP contribution in [0.2, 0.25) is 0 Å². The number of halogens is 1. The minimum Gasteiger partial charge on any atom is -0.493 e. The maximum absolute atomic E-state index is 13.3. The van der Waals surface area contributed by atoms with Gasteiger partial charge in [-0.15, -0.1) is 0 Å². The molecular weight excluding hydrogens is 449 g/mol. The van der Waals surface area contributed by atoms with Gasteiger partial charge < -0.3 is 19.9 Å². The van der Waals surface area contributed by atoms with E-state index in [9.17, 15) is 12.8 Å². The molecular formula is C23H20FN3O5S. The predicted octanol–water partition coefficient (Wildman–Crippen LogP) is 3.88. The highest BCUT2D eigenvalue weighted by molar-refractivity contribution is 7.91. The summed E-state index contributed by atoms with van der Waals surface area (Å²) in [7, 11) is 0.347. The molecule has 10 heteroatoms. The molecule has 1 aromatic heterocycles. The van der Waals surface area contributed by atoms with Gasteiger partial charge in [0.1, 0.15) is 5.82 Å². The predicted molar refractivity (Wildman–Crippen MR) is 121 cm³/mol. The number of fused-ring (bicyclic) bond motifs is 1. The lowest BCUT2D eigenvalue weighted by atomic mass is 10.0. The van der Waals surface area contributed by atoms with Crippen molar-refractivity contribution >= 4 is 26.7 Å². The van der Waals surface area contributed by atoms with Gasteiger partial charge in [0.05, 0.1) is 37.3 Å². The second kappa shape index (κ2) is 8.55. The molecule has 0 atom stereocenters. The summed E-state index contributed by atoms with van der Waals surface area (Å²) < 4.78 is 55.9. The molecule has 8 nitrogen and oxygen atoms in total. The maximum atomic E-state index is 13.3. The highest BCUT2D eigenvalue weighted by Crippen LogP contribution is 2.42. The standard InChI is InChI=1S/C23H20FN3O5S/c1-30-18-11-13(12-19(31-2)21(18)32-3)16-5-4-6-17-20(16)27-23(22(25)26-17)33(28,29)15-9-7-14(24)8-10-15/h4-12H,1-3H3,(H2,25,26). The Bertz CT molecular complexity index is 1430. The Balaban J connectivity index is 1.97. The number of aromatic nitrogens is 2. The number of methoxy groups -OCH3 is 3. The number of ether oxygens (including phenoxy) is 3. The average molecular weight is 469 g/mol. The third kappa shape index (κ3) is 3.89. The minimum atomic E-state index is -4.15. The molecule has 2 N–H and O–H groups in total. The van der Waals surface area contributed by atoms with Gasteiger partial charge in [-0.1, -0.05) is 12.1 Å². The fraction of sp³-hybridized carbons (Fsp3) is 0.130. The summed E-state index contributed by atoms with van der Waals surface area (Å²) in [6, 6.07) is 13.1. The van der Waals surface area contributed by atoms with Crippen LogP contribution >= 0.6 is 0 Å². The molecule has 0 saturated carbocycles. The molecule has 0 amide bonds. The lowest BCUT2D eigenvalue weighted by Gasteiger charge is -2.15. The van der Waals surface area contributed by atoms with E-state index in [0.29, 0.717) is 39.4 Å². The molecule has 0 spiro atoms. The molecule has 0 saturated heterocycles. The number of nitrogens with two attached hydrogens (primary N) is 1. The quantitative estimate of drug-likeness (QED) is 0.423. The molecule has 4 rings (SSSR count). The van der Waals surface area contributed by atoms with Crippen LogP contribution in [0.4, 0.5) is 10.2 Å². The molecule has 0 unspecified atom stereocenters. The fourth-order valence-corrected chi connectivity index (χ4v) is 4.72. The number of benzene rings is 3. The number of para-hydroxylation sites is 1. The minimum absolute atomic E-state index is 0.144. The van der Waals surface area contributed by atoms with Crippen LogP contribution in [0.15, 0.2) is 64.5 Å². The molecule has 0 aliphatic heterocycles. The zero-order valence-corrected chi connectivity index (χ0v) is 18.8. The van der Waals surface area contributed by atoms with Gasteiger partial charge in [0.25, 0.3) is 0 Å². The molecule has 0 bridgehead atoms. The first-order valence-electron chi connectivity index (χ1n) is 9.67. The first-order chi connectivity index (χ1) is 15.8. The van der Waals surface area contributed by atoms with Crippen LogP contribution in [-0.2, 0) is 9.84 Å². The zero-order valence-electron chi connectivity index (χ0n) is 18.0. The van der Waals surface area contributed by atoms with Crippen molar-refractivity contribution in [3.63, 3.8) is 0 Å². The van der Waals surface area contributed by atoms with Crippen molar-refractivity contribution in [2.24, 2.45) is 0 Å². The van der Waals surface area contributed by atoms with Crippen LogP contribution < -0.4 is 19.9 Å². The lowest BCUT2D eigenvalue weighted by Crippen LogP contribution is -2.10. The largest absolute Gasteiger partial charge is 0.493 e. The van der Waals surface area contributed by atoms with Crippen molar-refractivity contribution in [3.8, 4) is 28.4 Å². The number of hydrogen-bond acceptors (Lipinski definition) is 8. The van der Waals surface area contributed by atoms with Gasteiger partial charge in [-0.25, -0.2) is 22.8 Å². The highest BCUT2D eigenvalue weighted by Gasteiger charge is 2.25. The Morgan fingerprint density at radius 1 is 0.879 bits per heavy atom. The van der Waals surface area contributed by atoms with Crippen molar-refractivity contribution in [1.29, 1.82) is 0 Å². The first kappa shape index (κ1) is 22.3. The second-order valence-corrected chi connectivity index (χ2v) is 8.82. The van der Waals surface area contributed by atoms with Crippen LogP contribution in [0.3, 0.4) is 0 Å². The molecule has 0 fully saturated rings. The summed E-state index contributed by atoms with van der Waals surface area (Å²) in [4.78, 5) is 8.51. The molecule has 33 heavy (non-hydrogen) atoms. The van der Waals surface area contributed by atoms with Gasteiger partial charge >= 0.3 is 0 Å². The monoisotopic (exact) mass is 469 g/mol. The van der Waals surface area contributed by atoms with Crippen molar-refractivity contribution in [2.75, 3.05) is 27.1 Å². The number of nitrogens with zero attached hydrogens (tertiary/aromatic N) is 2. The Labute approximate surface area is 189 Å². The molecule has 1 heterocycles. The van der Waals surface area contributed by atoms with Crippen LogP contribution in [0.5, 0.6) is 17.2 Å². The van der Waals surface area contributed by atoms with Crippen LogP contribution in [0.25, 0.3) is 22.2 Å². The number of anilines is 1. The molecule has 0 radical (unpaired) electrons. The van der Waals surface area contributed by atoms with Crippen molar-refractivity contribution in [2.45, 2.75) is 9.92 Å². The van der Waals surface area contributed by atoms with Gasteiger partial charge in [-0.2, -0.15) is 0 Å². The number of hydrogen-bond donors (Lipinski definition) is 1. The van der Waals surface area contributed by atoms with E-state index >= 15 is 0 Å². The zero-order chi connectivity index (χ0) is 23.8. The van der Waals surface area contributed by atoms with Gasteiger partial charge in [0.15, 0.2) is 17.3 Å². The lowest BCUT2D eigenvalue weighted by molar-refractivity contribution is 0.324. The Morgan fingerprint density at radius 3 is 2.09 bits per heavy atom. The van der Waals surface area contributed by atoms with E-state index in [4.69, 9.17) is 19.9 Å². The Morgan fingerprint density at radius 2 is 1.52 bits per heavy atom. The fourth-order valence-electron chi connectivity index (χ4n) is 3.47. The molecule has 3 aromatic carbocycles. The summed E-state index contributed by atoms with van der Waals surface area (Å²) in [5.41, 5.74) is 7.90. The second-order valence-electron chi connectivity index (χ2n) is 6.96. The first-order valence-corrected chi connectivity index (χ1v) is 11.2. The van der Waals surface area contributed by atoms with E-state index in [1.54, 1.807) is 30.3 Å². The normalized spacial score (nSPS) is 11.4. The number of nitrogen functional groups attached to an aromatic ring is 1. The highest BCUT2D eigenvalue weighted by atomic mass is 32.2. The maximum Gasteiger partial charge on any atom is 0.227 e. The summed E-state index contributed by atoms with van der Waals surface area (Å²) >= 11 is 0.